The average Bonchev–Trinajstić information content (AvgIpc) is 2.83. The van der Waals surface area contributed by atoms with E-state index in [0.717, 1.165) is 18.5 Å². The predicted molar refractivity (Wildman–Crippen MR) is 76.8 cm³/mol. The van der Waals surface area contributed by atoms with Crippen molar-refractivity contribution in [1.82, 2.24) is 10.2 Å². The zero-order chi connectivity index (χ0) is 14.5. The second-order valence-electron chi connectivity index (χ2n) is 5.19. The van der Waals surface area contributed by atoms with Crippen LogP contribution in [0.4, 0.5) is 0 Å². The highest BCUT2D eigenvalue weighted by atomic mass is 16.5. The summed E-state index contributed by atoms with van der Waals surface area (Å²) in [5.74, 6) is 0.890. The highest BCUT2D eigenvalue weighted by Crippen LogP contribution is 2.29. The molecule has 0 saturated carbocycles. The maximum absolute atomic E-state index is 11.6. The van der Waals surface area contributed by atoms with E-state index in [-0.39, 0.29) is 17.7 Å². The van der Waals surface area contributed by atoms with Gasteiger partial charge in [-0.2, -0.15) is 0 Å². The van der Waals surface area contributed by atoms with Crippen LogP contribution in [-0.2, 0) is 11.3 Å². The van der Waals surface area contributed by atoms with Gasteiger partial charge < -0.3 is 20.1 Å². The van der Waals surface area contributed by atoms with E-state index in [4.69, 9.17) is 4.74 Å². The third kappa shape index (κ3) is 3.42. The topological polar surface area (TPSA) is 61.8 Å². The molecule has 0 radical (unpaired) electrons. The minimum atomic E-state index is 0.173. The summed E-state index contributed by atoms with van der Waals surface area (Å²) in [6.45, 7) is 4.16. The van der Waals surface area contributed by atoms with Crippen molar-refractivity contribution in [3.05, 3.63) is 23.8 Å². The van der Waals surface area contributed by atoms with Gasteiger partial charge in [0.2, 0.25) is 5.91 Å². The minimum absolute atomic E-state index is 0.173. The lowest BCUT2D eigenvalue weighted by Gasteiger charge is -2.22. The van der Waals surface area contributed by atoms with E-state index in [1.807, 2.05) is 24.0 Å². The molecule has 1 amide bonds. The normalized spacial score (nSPS) is 16.5. The van der Waals surface area contributed by atoms with Gasteiger partial charge in [-0.25, -0.2) is 0 Å². The monoisotopic (exact) mass is 278 g/mol. The molecule has 110 valence electrons. The van der Waals surface area contributed by atoms with Crippen LogP contribution in [0.25, 0.3) is 0 Å². The molecular weight excluding hydrogens is 256 g/mol. The molecule has 2 N–H and O–H groups in total. The molecule has 5 heteroatoms. The molecule has 1 aromatic rings. The molecule has 1 heterocycles. The number of nitrogens with one attached hydrogen (secondary N) is 1. The molecule has 1 aliphatic rings. The first-order valence-corrected chi connectivity index (χ1v) is 6.98. The van der Waals surface area contributed by atoms with E-state index in [1.54, 1.807) is 6.07 Å². The third-order valence-electron chi connectivity index (χ3n) is 3.61. The van der Waals surface area contributed by atoms with Gasteiger partial charge in [0.15, 0.2) is 11.5 Å². The average molecular weight is 278 g/mol. The van der Waals surface area contributed by atoms with E-state index >= 15 is 0 Å². The number of ether oxygens (including phenoxy) is 1. The van der Waals surface area contributed by atoms with Gasteiger partial charge >= 0.3 is 0 Å². The van der Waals surface area contributed by atoms with Crippen molar-refractivity contribution < 1.29 is 14.6 Å². The smallest absolute Gasteiger partial charge is 0.222 e. The zero-order valence-corrected chi connectivity index (χ0v) is 12.1. The number of benzene rings is 1. The second kappa shape index (κ2) is 6.61. The van der Waals surface area contributed by atoms with E-state index in [1.165, 1.54) is 7.11 Å². The van der Waals surface area contributed by atoms with Gasteiger partial charge in [0.1, 0.15) is 0 Å². The van der Waals surface area contributed by atoms with Crippen LogP contribution >= 0.6 is 0 Å². The van der Waals surface area contributed by atoms with E-state index < -0.39 is 0 Å². The molecule has 5 nitrogen and oxygen atoms in total. The van der Waals surface area contributed by atoms with Crippen molar-refractivity contribution in [2.75, 3.05) is 20.2 Å². The number of rotatable bonds is 6. The molecule has 2 rings (SSSR count). The van der Waals surface area contributed by atoms with Gasteiger partial charge in [-0.15, -0.1) is 0 Å². The van der Waals surface area contributed by atoms with Crippen molar-refractivity contribution in [1.29, 1.82) is 0 Å². The summed E-state index contributed by atoms with van der Waals surface area (Å²) in [5.41, 5.74) is 0.795. The Morgan fingerprint density at radius 3 is 2.95 bits per heavy atom. The van der Waals surface area contributed by atoms with Crippen LogP contribution in [0.5, 0.6) is 11.5 Å². The Morgan fingerprint density at radius 1 is 1.50 bits per heavy atom. The van der Waals surface area contributed by atoms with Crippen LogP contribution in [0.3, 0.4) is 0 Å². The summed E-state index contributed by atoms with van der Waals surface area (Å²) in [6.07, 6.45) is 1.63. The SMILES string of the molecule is COc1cccc(CNC(C)CN2CCCC2=O)c1O. The molecule has 1 aromatic carbocycles. The van der Waals surface area contributed by atoms with Crippen molar-refractivity contribution in [3.8, 4) is 11.5 Å². The molecule has 0 aromatic heterocycles. The number of phenolic OH excluding ortho intramolecular Hbond substituents is 1. The Morgan fingerprint density at radius 2 is 2.30 bits per heavy atom. The molecule has 20 heavy (non-hydrogen) atoms. The number of hydrogen-bond acceptors (Lipinski definition) is 4. The van der Waals surface area contributed by atoms with Gasteiger partial charge in [-0.05, 0) is 19.4 Å². The first-order valence-electron chi connectivity index (χ1n) is 6.98. The Labute approximate surface area is 119 Å². The van der Waals surface area contributed by atoms with Crippen molar-refractivity contribution in [2.24, 2.45) is 0 Å². The van der Waals surface area contributed by atoms with E-state index in [9.17, 15) is 9.90 Å². The summed E-state index contributed by atoms with van der Waals surface area (Å²) in [7, 11) is 1.54. The number of carbonyl (C=O) groups excluding carboxylic acids is 1. The largest absolute Gasteiger partial charge is 0.504 e. The number of nitrogens with zero attached hydrogens (tertiary/aromatic N) is 1. The lowest BCUT2D eigenvalue weighted by Crippen LogP contribution is -2.39. The highest BCUT2D eigenvalue weighted by Gasteiger charge is 2.21. The molecule has 1 unspecified atom stereocenters. The first-order chi connectivity index (χ1) is 9.61. The Balaban J connectivity index is 1.87. The molecule has 0 bridgehead atoms. The predicted octanol–water partition coefficient (Wildman–Crippen LogP) is 1.50. The fourth-order valence-electron chi connectivity index (χ4n) is 2.45. The fraction of sp³-hybridized carbons (Fsp3) is 0.533. The van der Waals surface area contributed by atoms with E-state index in [0.29, 0.717) is 25.3 Å². The van der Waals surface area contributed by atoms with Crippen LogP contribution in [-0.4, -0.2) is 42.2 Å². The van der Waals surface area contributed by atoms with Crippen molar-refractivity contribution in [2.45, 2.75) is 32.4 Å². The van der Waals surface area contributed by atoms with Crippen LogP contribution in [0.1, 0.15) is 25.3 Å². The second-order valence-corrected chi connectivity index (χ2v) is 5.19. The number of para-hydroxylation sites is 1. The molecule has 1 aliphatic heterocycles. The van der Waals surface area contributed by atoms with E-state index in [2.05, 4.69) is 5.32 Å². The van der Waals surface area contributed by atoms with Crippen LogP contribution in [0.2, 0.25) is 0 Å². The minimum Gasteiger partial charge on any atom is -0.504 e. The summed E-state index contributed by atoms with van der Waals surface area (Å²) >= 11 is 0. The maximum atomic E-state index is 11.6. The summed E-state index contributed by atoms with van der Waals surface area (Å²) in [5, 5.41) is 13.3. The van der Waals surface area contributed by atoms with Gasteiger partial charge in [0.25, 0.3) is 0 Å². The molecule has 1 saturated heterocycles. The standard InChI is InChI=1S/C15H22N2O3/c1-11(10-17-8-4-7-14(17)18)16-9-12-5-3-6-13(20-2)15(12)19/h3,5-6,11,16,19H,4,7-10H2,1-2H3. The molecule has 0 spiro atoms. The number of hydrogen-bond donors (Lipinski definition) is 2. The Bertz CT molecular complexity index is 476. The Kier molecular flexibility index (Phi) is 4.84. The quantitative estimate of drug-likeness (QED) is 0.828. The number of likely N-dealkylation sites (tertiary alicyclic amines) is 1. The maximum Gasteiger partial charge on any atom is 0.222 e. The lowest BCUT2D eigenvalue weighted by atomic mass is 10.1. The zero-order valence-electron chi connectivity index (χ0n) is 12.1. The molecule has 1 atom stereocenters. The van der Waals surface area contributed by atoms with Crippen LogP contribution in [0.15, 0.2) is 18.2 Å². The molecule has 0 aliphatic carbocycles. The Hall–Kier alpha value is -1.75. The van der Waals surface area contributed by atoms with Crippen LogP contribution in [0, 0.1) is 0 Å². The van der Waals surface area contributed by atoms with Crippen molar-refractivity contribution >= 4 is 5.91 Å². The van der Waals surface area contributed by atoms with Gasteiger partial charge in [-0.1, -0.05) is 12.1 Å². The van der Waals surface area contributed by atoms with Crippen molar-refractivity contribution in [3.63, 3.8) is 0 Å². The van der Waals surface area contributed by atoms with Gasteiger partial charge in [0, 0.05) is 37.7 Å². The number of carbonyl (C=O) groups is 1. The third-order valence-corrected chi connectivity index (χ3v) is 3.61. The van der Waals surface area contributed by atoms with Gasteiger partial charge in [-0.3, -0.25) is 4.79 Å². The summed E-state index contributed by atoms with van der Waals surface area (Å²) in [6, 6.07) is 5.62. The number of methoxy groups -OCH3 is 1. The summed E-state index contributed by atoms with van der Waals surface area (Å²) in [4.78, 5) is 13.5. The van der Waals surface area contributed by atoms with Crippen LogP contribution < -0.4 is 10.1 Å². The summed E-state index contributed by atoms with van der Waals surface area (Å²) < 4.78 is 5.08. The van der Waals surface area contributed by atoms with Gasteiger partial charge in [0.05, 0.1) is 7.11 Å². The number of aromatic hydroxyl groups is 1. The molecule has 1 fully saturated rings. The lowest BCUT2D eigenvalue weighted by molar-refractivity contribution is -0.127. The fourth-order valence-corrected chi connectivity index (χ4v) is 2.45. The number of amides is 1. The molecular formula is C15H22N2O3. The number of phenols is 1. The first kappa shape index (κ1) is 14.7. The highest BCUT2D eigenvalue weighted by molar-refractivity contribution is 5.78.